The van der Waals surface area contributed by atoms with E-state index in [1.807, 2.05) is 73.7 Å². The van der Waals surface area contributed by atoms with Gasteiger partial charge in [0.05, 0.1) is 35.0 Å². The van der Waals surface area contributed by atoms with E-state index in [-0.39, 0.29) is 5.97 Å². The minimum atomic E-state index is -0.397. The summed E-state index contributed by atoms with van der Waals surface area (Å²) >= 11 is 0. The maximum absolute atomic E-state index is 13.3. The van der Waals surface area contributed by atoms with Crippen molar-refractivity contribution >= 4 is 28.6 Å². The first-order valence-electron chi connectivity index (χ1n) is 9.88. The van der Waals surface area contributed by atoms with Gasteiger partial charge >= 0.3 is 5.97 Å². The van der Waals surface area contributed by atoms with Crippen molar-refractivity contribution in [3.63, 3.8) is 0 Å². The van der Waals surface area contributed by atoms with Crippen LogP contribution in [0, 0.1) is 0 Å². The maximum atomic E-state index is 13.3. The molecule has 3 heterocycles. The molecule has 30 heavy (non-hydrogen) atoms. The predicted molar refractivity (Wildman–Crippen MR) is 116 cm³/mol. The molecule has 148 valence electrons. The Balaban J connectivity index is 1.83. The monoisotopic (exact) mass is 396 g/mol. The van der Waals surface area contributed by atoms with Gasteiger partial charge in [0.1, 0.15) is 0 Å². The molecule has 0 radical (unpaired) electrons. The van der Waals surface area contributed by atoms with Crippen LogP contribution < -0.4 is 5.32 Å². The van der Waals surface area contributed by atoms with Gasteiger partial charge in [0.25, 0.3) is 0 Å². The van der Waals surface area contributed by atoms with E-state index >= 15 is 0 Å². The first-order chi connectivity index (χ1) is 14.8. The topological polar surface area (TPSA) is 69.0 Å². The average Bonchev–Trinajstić information content (AvgIpc) is 3.17. The number of carbonyl (C=O) groups is 1. The quantitative estimate of drug-likeness (QED) is 0.517. The van der Waals surface area contributed by atoms with Crippen molar-refractivity contribution in [3.05, 3.63) is 95.8 Å². The molecule has 1 aliphatic rings. The smallest absolute Gasteiger partial charge is 0.338 e. The Morgan fingerprint density at radius 3 is 2.53 bits per heavy atom. The molecule has 5 rings (SSSR count). The average molecular weight is 396 g/mol. The lowest BCUT2D eigenvalue weighted by Gasteiger charge is -2.31. The number of carbonyl (C=O) groups excluding carboxylic acids is 1. The molecule has 0 aliphatic carbocycles. The number of nitrogens with one attached hydrogen (secondary N) is 1. The second-order valence-electron chi connectivity index (χ2n) is 6.98. The van der Waals surface area contributed by atoms with Gasteiger partial charge in [0.2, 0.25) is 5.95 Å². The number of benzene rings is 2. The van der Waals surface area contributed by atoms with Crippen LogP contribution in [0.25, 0.3) is 16.7 Å². The van der Waals surface area contributed by atoms with Crippen LogP contribution in [-0.2, 0) is 9.53 Å². The molecule has 1 aliphatic heterocycles. The number of pyridine rings is 1. The Bertz CT molecular complexity index is 1250. The van der Waals surface area contributed by atoms with E-state index in [2.05, 4.69) is 14.9 Å². The molecule has 0 spiro atoms. The second kappa shape index (κ2) is 7.48. The summed E-state index contributed by atoms with van der Waals surface area (Å²) in [6, 6.07) is 21.2. The summed E-state index contributed by atoms with van der Waals surface area (Å²) in [4.78, 5) is 22.2. The van der Waals surface area contributed by atoms with Gasteiger partial charge in [-0.05, 0) is 42.3 Å². The number of hydrogen-bond acceptors (Lipinski definition) is 5. The van der Waals surface area contributed by atoms with Crippen molar-refractivity contribution in [2.24, 2.45) is 0 Å². The maximum Gasteiger partial charge on any atom is 0.338 e. The number of anilines is 1. The highest BCUT2D eigenvalue weighted by Crippen LogP contribution is 2.42. The minimum absolute atomic E-state index is 0.297. The molecule has 0 bridgehead atoms. The molecule has 2 aromatic carbocycles. The normalized spacial score (nSPS) is 15.6. The molecular weight excluding hydrogens is 376 g/mol. The highest BCUT2D eigenvalue weighted by Gasteiger charge is 2.36. The number of nitrogens with zero attached hydrogens (tertiary/aromatic N) is 3. The number of rotatable bonds is 4. The van der Waals surface area contributed by atoms with Crippen molar-refractivity contribution < 1.29 is 9.53 Å². The summed E-state index contributed by atoms with van der Waals surface area (Å²) in [6.45, 7) is 2.11. The molecule has 0 amide bonds. The van der Waals surface area contributed by atoms with E-state index in [0.29, 0.717) is 23.8 Å². The van der Waals surface area contributed by atoms with Crippen LogP contribution in [0.15, 0.2) is 84.7 Å². The van der Waals surface area contributed by atoms with Crippen molar-refractivity contribution in [1.29, 1.82) is 0 Å². The number of imidazole rings is 1. The molecule has 6 heteroatoms. The van der Waals surface area contributed by atoms with Gasteiger partial charge in [-0.1, -0.05) is 42.5 Å². The van der Waals surface area contributed by atoms with Crippen molar-refractivity contribution in [3.8, 4) is 0 Å². The zero-order chi connectivity index (χ0) is 20.5. The standard InChI is InChI=1S/C24H20N4O2/c1-2-30-23(29)20-21(16-8-4-3-5-9-16)27-24-26-18-10-6-7-11-19(18)28(24)22(20)17-12-14-25-15-13-17/h3-15,22H,2H2,1H3,(H,26,27). The van der Waals surface area contributed by atoms with Gasteiger partial charge in [-0.3, -0.25) is 9.55 Å². The Morgan fingerprint density at radius 2 is 1.77 bits per heavy atom. The minimum Gasteiger partial charge on any atom is -0.463 e. The summed E-state index contributed by atoms with van der Waals surface area (Å²) in [5, 5.41) is 3.41. The molecule has 0 saturated heterocycles. The fourth-order valence-corrected chi connectivity index (χ4v) is 3.96. The zero-order valence-corrected chi connectivity index (χ0v) is 16.4. The molecule has 2 aromatic heterocycles. The number of ether oxygens (including phenoxy) is 1. The number of aromatic nitrogens is 3. The van der Waals surface area contributed by atoms with Gasteiger partial charge in [0.15, 0.2) is 0 Å². The van der Waals surface area contributed by atoms with Crippen molar-refractivity contribution in [2.45, 2.75) is 13.0 Å². The van der Waals surface area contributed by atoms with Crippen LogP contribution in [0.1, 0.15) is 24.1 Å². The Morgan fingerprint density at radius 1 is 1.03 bits per heavy atom. The third kappa shape index (κ3) is 2.93. The van der Waals surface area contributed by atoms with E-state index in [1.54, 1.807) is 12.4 Å². The fourth-order valence-electron chi connectivity index (χ4n) is 3.96. The van der Waals surface area contributed by atoms with E-state index in [1.165, 1.54) is 0 Å². The lowest BCUT2D eigenvalue weighted by atomic mass is 9.93. The predicted octanol–water partition coefficient (Wildman–Crippen LogP) is 4.42. The Labute approximate surface area is 173 Å². The highest BCUT2D eigenvalue weighted by molar-refractivity contribution is 6.03. The van der Waals surface area contributed by atoms with E-state index < -0.39 is 6.04 Å². The van der Waals surface area contributed by atoms with Crippen LogP contribution in [0.5, 0.6) is 0 Å². The third-order valence-corrected chi connectivity index (χ3v) is 5.21. The van der Waals surface area contributed by atoms with Crippen LogP contribution in [0.2, 0.25) is 0 Å². The lowest BCUT2D eigenvalue weighted by molar-refractivity contribution is -0.138. The largest absolute Gasteiger partial charge is 0.463 e. The first-order valence-corrected chi connectivity index (χ1v) is 9.88. The van der Waals surface area contributed by atoms with Crippen molar-refractivity contribution in [1.82, 2.24) is 14.5 Å². The second-order valence-corrected chi connectivity index (χ2v) is 6.98. The molecule has 0 saturated carbocycles. The highest BCUT2D eigenvalue weighted by atomic mass is 16.5. The van der Waals surface area contributed by atoms with Gasteiger partial charge in [0, 0.05) is 12.4 Å². The SMILES string of the molecule is CCOC(=O)C1=C(c2ccccc2)Nc2nc3ccccc3n2C1c1ccncc1. The third-order valence-electron chi connectivity index (χ3n) is 5.21. The van der Waals surface area contributed by atoms with Crippen LogP contribution in [-0.4, -0.2) is 27.1 Å². The van der Waals surface area contributed by atoms with Gasteiger partial charge in [-0.2, -0.15) is 0 Å². The van der Waals surface area contributed by atoms with E-state index in [9.17, 15) is 4.79 Å². The molecule has 0 fully saturated rings. The molecule has 1 N–H and O–H groups in total. The summed E-state index contributed by atoms with van der Waals surface area (Å²) in [6.07, 6.45) is 3.47. The van der Waals surface area contributed by atoms with E-state index in [4.69, 9.17) is 9.72 Å². The zero-order valence-electron chi connectivity index (χ0n) is 16.4. The molecule has 6 nitrogen and oxygen atoms in total. The fraction of sp³-hybridized carbons (Fsp3) is 0.125. The van der Waals surface area contributed by atoms with Gasteiger partial charge in [-0.25, -0.2) is 9.78 Å². The summed E-state index contributed by atoms with van der Waals surface area (Å²) < 4.78 is 7.56. The number of para-hydroxylation sites is 2. The Hall–Kier alpha value is -3.93. The number of hydrogen-bond donors (Lipinski definition) is 1. The van der Waals surface area contributed by atoms with Gasteiger partial charge in [-0.15, -0.1) is 0 Å². The summed E-state index contributed by atoms with van der Waals surface area (Å²) in [5.74, 6) is 0.332. The Kier molecular flexibility index (Phi) is 4.52. The number of fused-ring (bicyclic) bond motifs is 3. The van der Waals surface area contributed by atoms with Crippen LogP contribution in [0.3, 0.4) is 0 Å². The molecule has 1 unspecified atom stereocenters. The molecular formula is C24H20N4O2. The van der Waals surface area contributed by atoms with E-state index in [0.717, 1.165) is 22.2 Å². The molecule has 1 atom stereocenters. The summed E-state index contributed by atoms with van der Waals surface area (Å²) in [7, 11) is 0. The number of esters is 1. The van der Waals surface area contributed by atoms with Crippen molar-refractivity contribution in [2.75, 3.05) is 11.9 Å². The van der Waals surface area contributed by atoms with Crippen LogP contribution >= 0.6 is 0 Å². The van der Waals surface area contributed by atoms with Crippen LogP contribution in [0.4, 0.5) is 5.95 Å². The molecule has 4 aromatic rings. The lowest BCUT2D eigenvalue weighted by Crippen LogP contribution is -2.29. The first kappa shape index (κ1) is 18.1. The summed E-state index contributed by atoms with van der Waals surface area (Å²) in [5.41, 5.74) is 4.89. The van der Waals surface area contributed by atoms with Gasteiger partial charge < -0.3 is 10.1 Å².